The molecule has 0 saturated heterocycles. The number of carboxylic acid groups (broad SMARTS) is 1. The first-order valence-corrected chi connectivity index (χ1v) is 5.89. The Labute approximate surface area is 118 Å². The van der Waals surface area contributed by atoms with Crippen molar-refractivity contribution in [2.24, 2.45) is 0 Å². The van der Waals surface area contributed by atoms with E-state index in [-0.39, 0.29) is 12.8 Å². The van der Waals surface area contributed by atoms with Gasteiger partial charge in [0.2, 0.25) is 5.91 Å². The summed E-state index contributed by atoms with van der Waals surface area (Å²) < 4.78 is 43.8. The van der Waals surface area contributed by atoms with Gasteiger partial charge in [-0.15, -0.1) is 0 Å². The lowest BCUT2D eigenvalue weighted by Crippen LogP contribution is -2.41. The number of rotatable bonds is 9. The Morgan fingerprint density at radius 3 is 2.33 bits per heavy atom. The lowest BCUT2D eigenvalue weighted by molar-refractivity contribution is -0.174. The van der Waals surface area contributed by atoms with Crippen LogP contribution in [0.5, 0.6) is 0 Å². The molecule has 0 aliphatic heterocycles. The largest absolute Gasteiger partial charge is 0.480 e. The van der Waals surface area contributed by atoms with Gasteiger partial charge in [-0.25, -0.2) is 4.79 Å². The fourth-order valence-corrected chi connectivity index (χ4v) is 1.24. The summed E-state index contributed by atoms with van der Waals surface area (Å²) in [5.74, 6) is -2.78. The Balaban J connectivity index is 4.06. The monoisotopic (exact) mass is 315 g/mol. The minimum Gasteiger partial charge on any atom is -0.480 e. The first-order chi connectivity index (χ1) is 9.65. The molecule has 0 saturated carbocycles. The highest BCUT2D eigenvalue weighted by atomic mass is 19.4. The summed E-state index contributed by atoms with van der Waals surface area (Å²) in [7, 11) is 1.13. The van der Waals surface area contributed by atoms with Crippen LogP contribution in [-0.2, 0) is 23.9 Å². The average Bonchev–Trinajstić information content (AvgIpc) is 2.37. The Morgan fingerprint density at radius 1 is 1.24 bits per heavy atom. The zero-order valence-corrected chi connectivity index (χ0v) is 11.2. The number of esters is 1. The molecule has 21 heavy (non-hydrogen) atoms. The van der Waals surface area contributed by atoms with E-state index in [9.17, 15) is 27.6 Å². The van der Waals surface area contributed by atoms with Crippen molar-refractivity contribution in [3.8, 4) is 0 Å². The molecule has 0 rings (SSSR count). The lowest BCUT2D eigenvalue weighted by atomic mass is 10.1. The molecule has 0 unspecified atom stereocenters. The molecular formula is C11H16F3NO6. The summed E-state index contributed by atoms with van der Waals surface area (Å²) in [6, 6.07) is -1.32. The van der Waals surface area contributed by atoms with E-state index in [1.54, 1.807) is 0 Å². The number of aliphatic carboxylic acids is 1. The molecule has 1 atom stereocenters. The predicted octanol–water partition coefficient (Wildman–Crippen LogP) is 0.478. The third-order valence-electron chi connectivity index (χ3n) is 2.24. The fourth-order valence-electron chi connectivity index (χ4n) is 1.24. The first kappa shape index (κ1) is 19.2. The number of carboxylic acids is 1. The number of halogens is 3. The number of ether oxygens (including phenoxy) is 2. The van der Waals surface area contributed by atoms with E-state index in [2.05, 4.69) is 14.8 Å². The maximum absolute atomic E-state index is 11.8. The van der Waals surface area contributed by atoms with E-state index < -0.39 is 49.7 Å². The second-order valence-electron chi connectivity index (χ2n) is 3.99. The fraction of sp³-hybridized carbons (Fsp3) is 0.727. The quantitative estimate of drug-likeness (QED) is 0.474. The van der Waals surface area contributed by atoms with Gasteiger partial charge >= 0.3 is 18.1 Å². The van der Waals surface area contributed by atoms with Gasteiger partial charge in [0, 0.05) is 12.8 Å². The third kappa shape index (κ3) is 10.6. The summed E-state index contributed by atoms with van der Waals surface area (Å²) >= 11 is 0. The topological polar surface area (TPSA) is 102 Å². The highest BCUT2D eigenvalue weighted by Gasteiger charge is 2.27. The van der Waals surface area contributed by atoms with Crippen molar-refractivity contribution in [1.82, 2.24) is 5.32 Å². The van der Waals surface area contributed by atoms with Gasteiger partial charge in [-0.1, -0.05) is 0 Å². The summed E-state index contributed by atoms with van der Waals surface area (Å²) in [5.41, 5.74) is 0. The van der Waals surface area contributed by atoms with Gasteiger partial charge in [-0.2, -0.15) is 13.2 Å². The molecule has 0 aromatic heterocycles. The molecular weight excluding hydrogens is 299 g/mol. The summed E-state index contributed by atoms with van der Waals surface area (Å²) in [4.78, 5) is 33.1. The van der Waals surface area contributed by atoms with Crippen LogP contribution in [0.15, 0.2) is 0 Å². The smallest absolute Gasteiger partial charge is 0.411 e. The number of carbonyl (C=O) groups excluding carboxylic acids is 2. The second kappa shape index (κ2) is 9.16. The van der Waals surface area contributed by atoms with Gasteiger partial charge in [-0.3, -0.25) is 9.59 Å². The minimum absolute atomic E-state index is 0.183. The predicted molar refractivity (Wildman–Crippen MR) is 62.3 cm³/mol. The number of hydrogen-bond acceptors (Lipinski definition) is 5. The van der Waals surface area contributed by atoms with Crippen molar-refractivity contribution in [1.29, 1.82) is 0 Å². The Kier molecular flexibility index (Phi) is 8.36. The van der Waals surface area contributed by atoms with Crippen LogP contribution in [-0.4, -0.2) is 55.5 Å². The zero-order chi connectivity index (χ0) is 16.5. The number of methoxy groups -OCH3 is 1. The van der Waals surface area contributed by atoms with Crippen molar-refractivity contribution in [3.63, 3.8) is 0 Å². The second-order valence-corrected chi connectivity index (χ2v) is 3.99. The maximum atomic E-state index is 11.8. The van der Waals surface area contributed by atoms with Gasteiger partial charge in [0.1, 0.15) is 12.6 Å². The van der Waals surface area contributed by atoms with Gasteiger partial charge in [0.15, 0.2) is 0 Å². The van der Waals surface area contributed by atoms with Crippen LogP contribution in [0.4, 0.5) is 13.2 Å². The highest BCUT2D eigenvalue weighted by Crippen LogP contribution is 2.14. The van der Waals surface area contributed by atoms with Crippen molar-refractivity contribution in [2.45, 2.75) is 31.5 Å². The molecule has 1 amide bonds. The average molecular weight is 315 g/mol. The molecule has 0 aromatic rings. The Morgan fingerprint density at radius 2 is 1.86 bits per heavy atom. The Hall–Kier alpha value is -1.84. The van der Waals surface area contributed by atoms with Gasteiger partial charge in [0.05, 0.1) is 13.7 Å². The van der Waals surface area contributed by atoms with Crippen LogP contribution < -0.4 is 5.32 Å². The molecule has 0 bridgehead atoms. The number of carbonyl (C=O) groups is 3. The molecule has 0 spiro atoms. The number of hydrogen-bond donors (Lipinski definition) is 2. The molecule has 0 fully saturated rings. The van der Waals surface area contributed by atoms with Crippen molar-refractivity contribution >= 4 is 17.8 Å². The molecule has 0 aromatic carbocycles. The number of nitrogens with one attached hydrogen (secondary N) is 1. The summed E-state index contributed by atoms with van der Waals surface area (Å²) in [6.45, 7) is -1.97. The first-order valence-electron chi connectivity index (χ1n) is 5.89. The minimum atomic E-state index is -4.49. The van der Waals surface area contributed by atoms with Crippen LogP contribution >= 0.6 is 0 Å². The van der Waals surface area contributed by atoms with Crippen LogP contribution in [0.3, 0.4) is 0 Å². The van der Waals surface area contributed by atoms with E-state index in [0.29, 0.717) is 0 Å². The van der Waals surface area contributed by atoms with Gasteiger partial charge in [-0.05, 0) is 6.42 Å². The van der Waals surface area contributed by atoms with Crippen LogP contribution in [0, 0.1) is 0 Å². The van der Waals surface area contributed by atoms with Crippen LogP contribution in [0.2, 0.25) is 0 Å². The van der Waals surface area contributed by atoms with E-state index >= 15 is 0 Å². The Bertz CT molecular complexity index is 371. The normalized spacial score (nSPS) is 12.6. The molecule has 0 aliphatic carbocycles. The molecule has 122 valence electrons. The van der Waals surface area contributed by atoms with Gasteiger partial charge in [0.25, 0.3) is 0 Å². The SMILES string of the molecule is COC(=O)CC[C@H](NC(=O)CCOCC(F)(F)F)C(=O)O. The number of alkyl halides is 3. The van der Waals surface area contributed by atoms with E-state index in [4.69, 9.17) is 5.11 Å². The van der Waals surface area contributed by atoms with Crippen molar-refractivity contribution < 1.29 is 42.1 Å². The molecule has 0 aliphatic rings. The molecule has 7 nitrogen and oxygen atoms in total. The molecule has 0 radical (unpaired) electrons. The lowest BCUT2D eigenvalue weighted by Gasteiger charge is -2.14. The van der Waals surface area contributed by atoms with Gasteiger partial charge < -0.3 is 19.9 Å². The van der Waals surface area contributed by atoms with E-state index in [1.807, 2.05) is 0 Å². The molecule has 2 N–H and O–H groups in total. The summed E-state index contributed by atoms with van der Waals surface area (Å²) in [5, 5.41) is 10.9. The standard InChI is InChI=1S/C11H16F3NO6/c1-20-9(17)3-2-7(10(18)19)15-8(16)4-5-21-6-11(12,13)14/h7H,2-6H2,1H3,(H,15,16)(H,18,19)/t7-/m0/s1. The van der Waals surface area contributed by atoms with Crippen molar-refractivity contribution in [2.75, 3.05) is 20.3 Å². The molecule has 0 heterocycles. The maximum Gasteiger partial charge on any atom is 0.411 e. The molecule has 10 heteroatoms. The third-order valence-corrected chi connectivity index (χ3v) is 2.24. The van der Waals surface area contributed by atoms with E-state index in [1.165, 1.54) is 0 Å². The van der Waals surface area contributed by atoms with Crippen molar-refractivity contribution in [3.05, 3.63) is 0 Å². The zero-order valence-electron chi connectivity index (χ0n) is 11.2. The number of amides is 1. The van der Waals surface area contributed by atoms with Crippen LogP contribution in [0.1, 0.15) is 19.3 Å². The summed E-state index contributed by atoms with van der Waals surface area (Å²) in [6.07, 6.45) is -5.30. The highest BCUT2D eigenvalue weighted by molar-refractivity contribution is 5.84. The van der Waals surface area contributed by atoms with Crippen LogP contribution in [0.25, 0.3) is 0 Å². The van der Waals surface area contributed by atoms with E-state index in [0.717, 1.165) is 7.11 Å².